The number of carbonyl (C=O) groups excluding carboxylic acids is 1. The van der Waals surface area contributed by atoms with Crippen LogP contribution in [-0.2, 0) is 12.1 Å². The summed E-state index contributed by atoms with van der Waals surface area (Å²) < 4.78 is 29.5. The summed E-state index contributed by atoms with van der Waals surface area (Å²) in [6.45, 7) is 3.06. The van der Waals surface area contributed by atoms with Gasteiger partial charge in [-0.3, -0.25) is 4.79 Å². The molecule has 2 aromatic heterocycles. The van der Waals surface area contributed by atoms with E-state index in [4.69, 9.17) is 0 Å². The average Bonchev–Trinajstić information content (AvgIpc) is 3.43. The molecule has 10 heteroatoms. The third-order valence-corrected chi connectivity index (χ3v) is 6.56. The SMILES string of the molecule is Cc1nc(-c2ccccc2)sc1C(=O)N[C@H](C)[C@](O)(Cn1cncn1)c1ccc(F)cc1F. The van der Waals surface area contributed by atoms with Crippen LogP contribution in [0.3, 0.4) is 0 Å². The van der Waals surface area contributed by atoms with Crippen molar-refractivity contribution in [3.8, 4) is 10.6 Å². The van der Waals surface area contributed by atoms with Crippen LogP contribution in [0.5, 0.6) is 0 Å². The van der Waals surface area contributed by atoms with Crippen LogP contribution in [0, 0.1) is 18.6 Å². The molecule has 33 heavy (non-hydrogen) atoms. The molecule has 0 radical (unpaired) electrons. The molecular weight excluding hydrogens is 448 g/mol. The minimum Gasteiger partial charge on any atom is -0.381 e. The maximum Gasteiger partial charge on any atom is 0.263 e. The van der Waals surface area contributed by atoms with Gasteiger partial charge in [0.05, 0.1) is 18.3 Å². The monoisotopic (exact) mass is 469 g/mol. The quantitative estimate of drug-likeness (QED) is 0.431. The Morgan fingerprint density at radius 2 is 2.00 bits per heavy atom. The van der Waals surface area contributed by atoms with Gasteiger partial charge in [0.15, 0.2) is 0 Å². The van der Waals surface area contributed by atoms with Gasteiger partial charge in [-0.2, -0.15) is 5.10 Å². The van der Waals surface area contributed by atoms with Gasteiger partial charge in [0.1, 0.15) is 39.8 Å². The predicted octanol–water partition coefficient (Wildman–Crippen LogP) is 3.69. The molecule has 2 N–H and O–H groups in total. The number of hydrogen-bond acceptors (Lipinski definition) is 6. The maximum absolute atomic E-state index is 14.7. The second-order valence-corrected chi connectivity index (χ2v) is 8.64. The Labute approximate surface area is 192 Å². The number of nitrogens with one attached hydrogen (secondary N) is 1. The van der Waals surface area contributed by atoms with E-state index in [0.717, 1.165) is 17.7 Å². The summed E-state index contributed by atoms with van der Waals surface area (Å²) in [6, 6.07) is 11.4. The Kier molecular flexibility index (Phi) is 6.30. The number of amides is 1. The number of halogens is 2. The molecule has 0 fully saturated rings. The van der Waals surface area contributed by atoms with Crippen LogP contribution in [0.15, 0.2) is 61.2 Å². The number of carbonyl (C=O) groups is 1. The second-order valence-electron chi connectivity index (χ2n) is 7.64. The Hall–Kier alpha value is -3.50. The van der Waals surface area contributed by atoms with E-state index in [1.807, 2.05) is 30.3 Å². The molecule has 7 nitrogen and oxygen atoms in total. The summed E-state index contributed by atoms with van der Waals surface area (Å²) in [5.74, 6) is -2.16. The van der Waals surface area contributed by atoms with Crippen LogP contribution in [0.2, 0.25) is 0 Å². The average molecular weight is 470 g/mol. The van der Waals surface area contributed by atoms with Crippen LogP contribution < -0.4 is 5.32 Å². The summed E-state index contributed by atoms with van der Waals surface area (Å²) in [4.78, 5) is 21.8. The highest BCUT2D eigenvalue weighted by Gasteiger charge is 2.40. The van der Waals surface area contributed by atoms with Crippen molar-refractivity contribution in [2.75, 3.05) is 0 Å². The zero-order valence-electron chi connectivity index (χ0n) is 17.9. The zero-order valence-corrected chi connectivity index (χ0v) is 18.7. The Balaban J connectivity index is 1.64. The number of hydrogen-bond donors (Lipinski definition) is 2. The van der Waals surface area contributed by atoms with Crippen molar-refractivity contribution < 1.29 is 18.7 Å². The van der Waals surface area contributed by atoms with Crippen LogP contribution in [-0.4, -0.2) is 36.8 Å². The molecule has 0 spiro atoms. The fourth-order valence-corrected chi connectivity index (χ4v) is 4.52. The number of aliphatic hydroxyl groups is 1. The van der Waals surface area contributed by atoms with Crippen molar-refractivity contribution in [2.45, 2.75) is 32.0 Å². The van der Waals surface area contributed by atoms with Gasteiger partial charge in [-0.15, -0.1) is 11.3 Å². The number of aromatic nitrogens is 4. The second kappa shape index (κ2) is 9.16. The molecule has 4 aromatic rings. The standard InChI is InChI=1S/C23H21F2N5O2S/c1-14-20(33-22(28-14)16-6-4-3-5-7-16)21(31)29-15(2)23(32,11-30-13-26-12-27-30)18-9-8-17(24)10-19(18)25/h3-10,12-13,15,32H,11H2,1-2H3,(H,29,31)/t15-,23-/m1/s1. The van der Waals surface area contributed by atoms with Crippen molar-refractivity contribution >= 4 is 17.2 Å². The molecule has 170 valence electrons. The lowest BCUT2D eigenvalue weighted by Gasteiger charge is -2.35. The molecule has 0 unspecified atom stereocenters. The van der Waals surface area contributed by atoms with Crippen molar-refractivity contribution in [3.05, 3.63) is 89.0 Å². The van der Waals surface area contributed by atoms with Crippen LogP contribution in [0.1, 0.15) is 27.9 Å². The largest absolute Gasteiger partial charge is 0.381 e. The Morgan fingerprint density at radius 1 is 1.24 bits per heavy atom. The molecule has 0 bridgehead atoms. The molecule has 0 aliphatic rings. The molecular formula is C23H21F2N5O2S. The summed E-state index contributed by atoms with van der Waals surface area (Å²) in [5.41, 5.74) is -0.689. The van der Waals surface area contributed by atoms with E-state index >= 15 is 0 Å². The minimum atomic E-state index is -1.94. The normalized spacial score (nSPS) is 14.0. The minimum absolute atomic E-state index is 0.168. The van der Waals surface area contributed by atoms with Crippen LogP contribution in [0.25, 0.3) is 10.6 Å². The topological polar surface area (TPSA) is 92.9 Å². The number of benzene rings is 2. The third kappa shape index (κ3) is 4.67. The maximum atomic E-state index is 14.7. The van der Waals surface area contributed by atoms with Crippen molar-refractivity contribution in [1.82, 2.24) is 25.1 Å². The van der Waals surface area contributed by atoms with Crippen molar-refractivity contribution in [1.29, 1.82) is 0 Å². The predicted molar refractivity (Wildman–Crippen MR) is 119 cm³/mol. The van der Waals surface area contributed by atoms with Gasteiger partial charge >= 0.3 is 0 Å². The van der Waals surface area contributed by atoms with Gasteiger partial charge in [0.25, 0.3) is 5.91 Å². The van der Waals surface area contributed by atoms with E-state index in [1.54, 1.807) is 13.8 Å². The summed E-state index contributed by atoms with van der Waals surface area (Å²) in [6.07, 6.45) is 2.64. The molecule has 2 heterocycles. The summed E-state index contributed by atoms with van der Waals surface area (Å²) >= 11 is 1.22. The molecule has 0 saturated carbocycles. The smallest absolute Gasteiger partial charge is 0.263 e. The lowest BCUT2D eigenvalue weighted by molar-refractivity contribution is -0.0185. The third-order valence-electron chi connectivity index (χ3n) is 5.35. The summed E-state index contributed by atoms with van der Waals surface area (Å²) in [7, 11) is 0. The number of nitrogens with zero attached hydrogens (tertiary/aromatic N) is 4. The highest BCUT2D eigenvalue weighted by atomic mass is 32.1. The van der Waals surface area contributed by atoms with E-state index in [2.05, 4.69) is 20.4 Å². The van der Waals surface area contributed by atoms with Gasteiger partial charge < -0.3 is 10.4 Å². The first-order chi connectivity index (χ1) is 15.8. The van der Waals surface area contributed by atoms with Crippen molar-refractivity contribution in [2.24, 2.45) is 0 Å². The first-order valence-corrected chi connectivity index (χ1v) is 10.9. The van der Waals surface area contributed by atoms with Crippen LogP contribution in [0.4, 0.5) is 8.78 Å². The Morgan fingerprint density at radius 3 is 2.67 bits per heavy atom. The van der Waals surface area contributed by atoms with E-state index in [1.165, 1.54) is 28.7 Å². The number of thiazole rings is 1. The van der Waals surface area contributed by atoms with E-state index in [-0.39, 0.29) is 12.1 Å². The highest BCUT2D eigenvalue weighted by Crippen LogP contribution is 2.32. The van der Waals surface area contributed by atoms with Gasteiger partial charge in [0.2, 0.25) is 0 Å². The first kappa shape index (κ1) is 22.7. The molecule has 2 atom stereocenters. The van der Waals surface area contributed by atoms with Gasteiger partial charge in [-0.1, -0.05) is 36.4 Å². The molecule has 0 saturated heterocycles. The number of rotatable bonds is 7. The molecule has 0 aliphatic heterocycles. The van der Waals surface area contributed by atoms with Gasteiger partial charge in [-0.05, 0) is 19.9 Å². The number of aryl methyl sites for hydroxylation is 1. The molecule has 1 amide bonds. The fourth-order valence-electron chi connectivity index (χ4n) is 3.55. The van der Waals surface area contributed by atoms with Gasteiger partial charge in [0, 0.05) is 17.2 Å². The lowest BCUT2D eigenvalue weighted by Crippen LogP contribution is -2.51. The summed E-state index contributed by atoms with van der Waals surface area (Å²) in [5, 5.41) is 19.0. The van der Waals surface area contributed by atoms with Crippen LogP contribution >= 0.6 is 11.3 Å². The molecule has 0 aliphatic carbocycles. The molecule has 2 aromatic carbocycles. The Bertz CT molecular complexity index is 1260. The zero-order chi connectivity index (χ0) is 23.6. The molecule has 4 rings (SSSR count). The van der Waals surface area contributed by atoms with E-state index < -0.39 is 29.2 Å². The van der Waals surface area contributed by atoms with Crippen molar-refractivity contribution in [3.63, 3.8) is 0 Å². The fraction of sp³-hybridized carbons (Fsp3) is 0.217. The van der Waals surface area contributed by atoms with E-state index in [9.17, 15) is 18.7 Å². The van der Waals surface area contributed by atoms with E-state index in [0.29, 0.717) is 21.6 Å². The lowest BCUT2D eigenvalue weighted by atomic mass is 9.86. The highest BCUT2D eigenvalue weighted by molar-refractivity contribution is 7.17. The van der Waals surface area contributed by atoms with Gasteiger partial charge in [-0.25, -0.2) is 23.4 Å². The first-order valence-electron chi connectivity index (χ1n) is 10.1.